The van der Waals surface area contributed by atoms with E-state index in [4.69, 9.17) is 4.74 Å². The zero-order valence-corrected chi connectivity index (χ0v) is 16.1. The third-order valence-corrected chi connectivity index (χ3v) is 6.99. The number of hydrogen-bond donors (Lipinski definition) is 0. The molecule has 6 nitrogen and oxygen atoms in total. The molecule has 0 amide bonds. The Balaban J connectivity index is 1.62. The van der Waals surface area contributed by atoms with Crippen molar-refractivity contribution in [3.63, 3.8) is 0 Å². The minimum atomic E-state index is -4.38. The normalized spacial score (nSPS) is 19.3. The lowest BCUT2D eigenvalue weighted by Crippen LogP contribution is -2.19. The number of rotatable bonds is 6. The van der Waals surface area contributed by atoms with Crippen LogP contribution in [0.25, 0.3) is 0 Å². The molecule has 3 rings (SSSR count). The van der Waals surface area contributed by atoms with Gasteiger partial charge in [-0.1, -0.05) is 23.9 Å². The average Bonchev–Trinajstić information content (AvgIpc) is 3.13. The van der Waals surface area contributed by atoms with Gasteiger partial charge in [-0.3, -0.25) is 0 Å². The van der Waals surface area contributed by atoms with Crippen molar-refractivity contribution >= 4 is 21.6 Å². The van der Waals surface area contributed by atoms with E-state index in [1.807, 2.05) is 0 Å². The molecule has 1 aliphatic heterocycles. The fourth-order valence-electron chi connectivity index (χ4n) is 2.84. The topological polar surface area (TPSA) is 74.1 Å². The molecule has 1 atom stereocenters. The zero-order chi connectivity index (χ0) is 19.7. The van der Waals surface area contributed by atoms with Gasteiger partial charge >= 0.3 is 6.18 Å². The van der Waals surface area contributed by atoms with Crippen molar-refractivity contribution in [1.82, 2.24) is 14.8 Å². The Bertz CT molecular complexity index is 913. The number of ether oxygens (including phenoxy) is 1. The smallest absolute Gasteiger partial charge is 0.422 e. The summed E-state index contributed by atoms with van der Waals surface area (Å²) in [7, 11) is -1.23. The van der Waals surface area contributed by atoms with E-state index in [1.54, 1.807) is 29.8 Å². The number of hydrogen-bond acceptors (Lipinski definition) is 6. The van der Waals surface area contributed by atoms with E-state index >= 15 is 0 Å². The number of sulfone groups is 1. The molecule has 2 aromatic rings. The first kappa shape index (κ1) is 20.0. The van der Waals surface area contributed by atoms with E-state index in [-0.39, 0.29) is 23.2 Å². The number of alkyl halides is 3. The molecule has 0 saturated carbocycles. The van der Waals surface area contributed by atoms with Gasteiger partial charge in [0.2, 0.25) is 0 Å². The predicted molar refractivity (Wildman–Crippen MR) is 94.6 cm³/mol. The summed E-state index contributed by atoms with van der Waals surface area (Å²) in [6.45, 7) is -1.33. The van der Waals surface area contributed by atoms with Gasteiger partial charge in [-0.25, -0.2) is 8.42 Å². The van der Waals surface area contributed by atoms with E-state index in [0.29, 0.717) is 23.2 Å². The Morgan fingerprint density at radius 1 is 1.33 bits per heavy atom. The molecule has 27 heavy (non-hydrogen) atoms. The third kappa shape index (κ3) is 5.38. The minimum absolute atomic E-state index is 0.0855. The molecule has 2 heterocycles. The molecule has 148 valence electrons. The van der Waals surface area contributed by atoms with Crippen LogP contribution < -0.4 is 4.74 Å². The van der Waals surface area contributed by atoms with Crippen LogP contribution in [0.3, 0.4) is 0 Å². The molecule has 0 aliphatic carbocycles. The van der Waals surface area contributed by atoms with Crippen LogP contribution >= 0.6 is 11.8 Å². The summed E-state index contributed by atoms with van der Waals surface area (Å²) in [4.78, 5) is 0. The number of nitrogens with zero attached hydrogens (tertiary/aromatic N) is 3. The summed E-state index contributed by atoms with van der Waals surface area (Å²) in [6, 6.07) is 6.45. The molecule has 1 unspecified atom stereocenters. The Morgan fingerprint density at radius 3 is 2.78 bits per heavy atom. The van der Waals surface area contributed by atoms with Crippen LogP contribution in [0.15, 0.2) is 29.4 Å². The predicted octanol–water partition coefficient (Wildman–Crippen LogP) is 2.95. The van der Waals surface area contributed by atoms with Crippen LogP contribution in [-0.2, 0) is 22.6 Å². The van der Waals surface area contributed by atoms with Gasteiger partial charge in [0.15, 0.2) is 21.6 Å². The number of benzene rings is 1. The summed E-state index contributed by atoms with van der Waals surface area (Å²) in [5.41, 5.74) is 0.785. The third-order valence-electron chi connectivity index (χ3n) is 4.14. The van der Waals surface area contributed by atoms with E-state index in [9.17, 15) is 21.6 Å². The summed E-state index contributed by atoms with van der Waals surface area (Å²) in [6.07, 6.45) is -3.84. The van der Waals surface area contributed by atoms with Gasteiger partial charge in [0.25, 0.3) is 0 Å². The van der Waals surface area contributed by atoms with Crippen molar-refractivity contribution in [3.05, 3.63) is 35.7 Å². The summed E-state index contributed by atoms with van der Waals surface area (Å²) < 4.78 is 66.6. The highest BCUT2D eigenvalue weighted by atomic mass is 32.2. The average molecular weight is 421 g/mol. The van der Waals surface area contributed by atoms with Gasteiger partial charge in [-0.15, -0.1) is 10.2 Å². The Kier molecular flexibility index (Phi) is 5.71. The first-order chi connectivity index (χ1) is 12.6. The molecule has 0 bridgehead atoms. The monoisotopic (exact) mass is 421 g/mol. The van der Waals surface area contributed by atoms with Crippen molar-refractivity contribution in [1.29, 1.82) is 0 Å². The highest BCUT2D eigenvalue weighted by Crippen LogP contribution is 2.30. The van der Waals surface area contributed by atoms with E-state index in [1.165, 1.54) is 17.8 Å². The molecule has 1 saturated heterocycles. The van der Waals surface area contributed by atoms with Crippen molar-refractivity contribution in [2.24, 2.45) is 7.05 Å². The number of halogens is 3. The molecular weight excluding hydrogens is 403 g/mol. The fraction of sp³-hybridized carbons (Fsp3) is 0.500. The maximum Gasteiger partial charge on any atom is 0.422 e. The van der Waals surface area contributed by atoms with Crippen molar-refractivity contribution in [2.45, 2.75) is 29.4 Å². The summed E-state index contributed by atoms with van der Waals surface area (Å²) in [5, 5.41) is 8.86. The molecule has 11 heteroatoms. The van der Waals surface area contributed by atoms with Gasteiger partial charge < -0.3 is 9.30 Å². The van der Waals surface area contributed by atoms with Crippen LogP contribution in [0.2, 0.25) is 0 Å². The van der Waals surface area contributed by atoms with Crippen LogP contribution in [-0.4, -0.2) is 47.5 Å². The first-order valence-corrected chi connectivity index (χ1v) is 10.9. The van der Waals surface area contributed by atoms with Crippen molar-refractivity contribution < 1.29 is 26.3 Å². The van der Waals surface area contributed by atoms with Gasteiger partial charge in [-0.05, 0) is 24.1 Å². The minimum Gasteiger partial charge on any atom is -0.484 e. The van der Waals surface area contributed by atoms with E-state index in [0.717, 1.165) is 5.56 Å². The number of aromatic nitrogens is 3. The van der Waals surface area contributed by atoms with Gasteiger partial charge in [0.05, 0.1) is 11.5 Å². The molecule has 0 spiro atoms. The van der Waals surface area contributed by atoms with Crippen LogP contribution in [0, 0.1) is 0 Å². The summed E-state index contributed by atoms with van der Waals surface area (Å²) >= 11 is 1.37. The van der Waals surface area contributed by atoms with Crippen molar-refractivity contribution in [3.8, 4) is 5.75 Å². The lowest BCUT2D eigenvalue weighted by atomic mass is 10.1. The molecule has 1 aromatic heterocycles. The molecule has 1 aliphatic rings. The zero-order valence-electron chi connectivity index (χ0n) is 14.4. The molecule has 1 aromatic carbocycles. The first-order valence-electron chi connectivity index (χ1n) is 8.14. The lowest BCUT2D eigenvalue weighted by Gasteiger charge is -2.10. The maximum atomic E-state index is 12.2. The quantitative estimate of drug-likeness (QED) is 0.668. The maximum absolute atomic E-state index is 12.2. The van der Waals surface area contributed by atoms with Crippen LogP contribution in [0.4, 0.5) is 13.2 Å². The van der Waals surface area contributed by atoms with Crippen molar-refractivity contribution in [2.75, 3.05) is 18.1 Å². The second-order valence-electron chi connectivity index (χ2n) is 6.34. The highest BCUT2D eigenvalue weighted by molar-refractivity contribution is 7.98. The molecule has 1 fully saturated rings. The fourth-order valence-corrected chi connectivity index (χ4v) is 5.44. The Hall–Kier alpha value is -1.75. The largest absolute Gasteiger partial charge is 0.484 e. The van der Waals surface area contributed by atoms with E-state index < -0.39 is 22.6 Å². The SMILES string of the molecule is Cn1c(SCc2cccc(OCC(F)(F)F)c2)nnc1C1CCS(=O)(=O)C1. The number of thioether (sulfide) groups is 1. The lowest BCUT2D eigenvalue weighted by molar-refractivity contribution is -0.153. The van der Waals surface area contributed by atoms with Gasteiger partial charge in [0, 0.05) is 18.7 Å². The Morgan fingerprint density at radius 2 is 2.11 bits per heavy atom. The van der Waals surface area contributed by atoms with Gasteiger partial charge in [-0.2, -0.15) is 13.2 Å². The molecular formula is C16H18F3N3O3S2. The Labute approximate surface area is 159 Å². The standard InChI is InChI=1S/C16H18F3N3O3S2/c1-22-14(12-5-6-27(23,24)9-12)20-21-15(22)26-8-11-3-2-4-13(7-11)25-10-16(17,18)19/h2-4,7,12H,5-6,8-10H2,1H3. The van der Waals surface area contributed by atoms with Crippen LogP contribution in [0.1, 0.15) is 23.7 Å². The second kappa shape index (κ2) is 7.70. The molecule has 0 radical (unpaired) electrons. The highest BCUT2D eigenvalue weighted by Gasteiger charge is 2.32. The van der Waals surface area contributed by atoms with Gasteiger partial charge in [0.1, 0.15) is 11.6 Å². The molecule has 0 N–H and O–H groups in total. The van der Waals surface area contributed by atoms with E-state index in [2.05, 4.69) is 10.2 Å². The summed E-state index contributed by atoms with van der Waals surface area (Å²) in [5.74, 6) is 1.36. The second-order valence-corrected chi connectivity index (χ2v) is 9.51. The van der Waals surface area contributed by atoms with Crippen LogP contribution in [0.5, 0.6) is 5.75 Å².